The predicted molar refractivity (Wildman–Crippen MR) is 105 cm³/mol. The minimum atomic E-state index is -0.997. The van der Waals surface area contributed by atoms with E-state index in [2.05, 4.69) is 10.6 Å². The Morgan fingerprint density at radius 3 is 2.28 bits per heavy atom. The third-order valence-electron chi connectivity index (χ3n) is 3.74. The Balaban J connectivity index is 1.97. The minimum absolute atomic E-state index is 0.341. The molecule has 0 aliphatic rings. The zero-order valence-corrected chi connectivity index (χ0v) is 16.4. The van der Waals surface area contributed by atoms with Crippen molar-refractivity contribution in [3.8, 4) is 11.5 Å². The third-order valence-corrected chi connectivity index (χ3v) is 3.74. The van der Waals surface area contributed by atoms with E-state index < -0.39 is 23.4 Å². The topological polar surface area (TPSA) is 76.7 Å². The highest BCUT2D eigenvalue weighted by molar-refractivity contribution is 5.99. The number of hydrogen-bond donors (Lipinski definition) is 2. The lowest BCUT2D eigenvalue weighted by Crippen LogP contribution is -2.33. The number of rotatable bonds is 10. The number of halogens is 2. The van der Waals surface area contributed by atoms with Crippen LogP contribution in [0.25, 0.3) is 0 Å². The SMILES string of the molecule is CCCOc1ccc(NC(=O)CNC(=O)c2ccc(F)cc2F)cc1OCCC. The Morgan fingerprint density at radius 2 is 1.62 bits per heavy atom. The van der Waals surface area contributed by atoms with Gasteiger partial charge in [0.2, 0.25) is 5.91 Å². The Bertz CT molecular complexity index is 859. The third kappa shape index (κ3) is 6.74. The molecule has 0 aliphatic carbocycles. The summed E-state index contributed by atoms with van der Waals surface area (Å²) in [5, 5.41) is 4.93. The Morgan fingerprint density at radius 1 is 0.931 bits per heavy atom. The van der Waals surface area contributed by atoms with Crippen LogP contribution in [0.15, 0.2) is 36.4 Å². The molecule has 0 radical (unpaired) electrons. The van der Waals surface area contributed by atoms with Crippen molar-refractivity contribution < 1.29 is 27.8 Å². The van der Waals surface area contributed by atoms with Crippen molar-refractivity contribution in [1.82, 2.24) is 5.32 Å². The Labute approximate surface area is 168 Å². The molecule has 0 saturated heterocycles. The Hall–Kier alpha value is -3.16. The molecule has 0 fully saturated rings. The zero-order valence-electron chi connectivity index (χ0n) is 16.4. The number of carbonyl (C=O) groups excluding carboxylic acids is 2. The summed E-state index contributed by atoms with van der Waals surface area (Å²) in [6, 6.07) is 7.59. The molecule has 156 valence electrons. The van der Waals surface area contributed by atoms with Crippen LogP contribution >= 0.6 is 0 Å². The fourth-order valence-electron chi connectivity index (χ4n) is 2.38. The van der Waals surface area contributed by atoms with Gasteiger partial charge in [-0.1, -0.05) is 13.8 Å². The van der Waals surface area contributed by atoms with Crippen LogP contribution in [-0.4, -0.2) is 31.6 Å². The predicted octanol–water partition coefficient (Wildman–Crippen LogP) is 3.91. The van der Waals surface area contributed by atoms with Gasteiger partial charge in [-0.2, -0.15) is 0 Å². The molecule has 2 N–H and O–H groups in total. The number of carbonyl (C=O) groups is 2. The highest BCUT2D eigenvalue weighted by Crippen LogP contribution is 2.31. The number of amides is 2. The molecule has 0 unspecified atom stereocenters. The van der Waals surface area contributed by atoms with Crippen LogP contribution < -0.4 is 20.1 Å². The summed E-state index contributed by atoms with van der Waals surface area (Å²) in [7, 11) is 0. The molecule has 0 spiro atoms. The molecule has 2 aromatic rings. The maximum absolute atomic E-state index is 13.6. The highest BCUT2D eigenvalue weighted by atomic mass is 19.1. The van der Waals surface area contributed by atoms with E-state index in [-0.39, 0.29) is 12.1 Å². The van der Waals surface area contributed by atoms with Gasteiger partial charge in [0.15, 0.2) is 11.5 Å². The molecule has 0 saturated carbocycles. The molecule has 0 aliphatic heterocycles. The molecule has 2 rings (SSSR count). The van der Waals surface area contributed by atoms with Crippen molar-refractivity contribution in [2.75, 3.05) is 25.1 Å². The lowest BCUT2D eigenvalue weighted by Gasteiger charge is -2.14. The van der Waals surface area contributed by atoms with Crippen LogP contribution in [0.4, 0.5) is 14.5 Å². The molecule has 2 amide bonds. The van der Waals surface area contributed by atoms with E-state index in [9.17, 15) is 18.4 Å². The monoisotopic (exact) mass is 406 g/mol. The van der Waals surface area contributed by atoms with Gasteiger partial charge < -0.3 is 20.1 Å². The zero-order chi connectivity index (χ0) is 21.2. The van der Waals surface area contributed by atoms with E-state index in [0.29, 0.717) is 36.5 Å². The van der Waals surface area contributed by atoms with Gasteiger partial charge in [0, 0.05) is 17.8 Å². The second-order valence-corrected chi connectivity index (χ2v) is 6.21. The van der Waals surface area contributed by atoms with Crippen LogP contribution in [0, 0.1) is 11.6 Å². The Kier molecular flexibility index (Phi) is 8.39. The van der Waals surface area contributed by atoms with Gasteiger partial charge in [-0.05, 0) is 37.1 Å². The highest BCUT2D eigenvalue weighted by Gasteiger charge is 2.14. The number of nitrogens with one attached hydrogen (secondary N) is 2. The van der Waals surface area contributed by atoms with Crippen molar-refractivity contribution in [3.05, 3.63) is 53.6 Å². The van der Waals surface area contributed by atoms with Crippen LogP contribution in [0.3, 0.4) is 0 Å². The summed E-state index contributed by atoms with van der Waals surface area (Å²) in [4.78, 5) is 24.1. The molecular weight excluding hydrogens is 382 g/mol. The van der Waals surface area contributed by atoms with Crippen molar-refractivity contribution in [2.24, 2.45) is 0 Å². The lowest BCUT2D eigenvalue weighted by molar-refractivity contribution is -0.115. The quantitative estimate of drug-likeness (QED) is 0.627. The first-order chi connectivity index (χ1) is 13.9. The fourth-order valence-corrected chi connectivity index (χ4v) is 2.38. The molecule has 0 atom stereocenters. The van der Waals surface area contributed by atoms with Crippen molar-refractivity contribution in [2.45, 2.75) is 26.7 Å². The molecular formula is C21H24F2N2O4. The van der Waals surface area contributed by atoms with Crippen molar-refractivity contribution in [3.63, 3.8) is 0 Å². The average molecular weight is 406 g/mol. The van der Waals surface area contributed by atoms with E-state index in [1.54, 1.807) is 18.2 Å². The van der Waals surface area contributed by atoms with E-state index in [4.69, 9.17) is 9.47 Å². The summed E-state index contributed by atoms with van der Waals surface area (Å²) < 4.78 is 37.8. The summed E-state index contributed by atoms with van der Waals surface area (Å²) in [5.74, 6) is -2.01. The average Bonchev–Trinajstić information content (AvgIpc) is 2.69. The molecule has 0 bridgehead atoms. The molecule has 8 heteroatoms. The number of hydrogen-bond acceptors (Lipinski definition) is 4. The van der Waals surface area contributed by atoms with Crippen LogP contribution in [0.2, 0.25) is 0 Å². The first-order valence-corrected chi connectivity index (χ1v) is 9.37. The largest absolute Gasteiger partial charge is 0.490 e. The smallest absolute Gasteiger partial charge is 0.254 e. The second kappa shape index (κ2) is 11.0. The molecule has 29 heavy (non-hydrogen) atoms. The summed E-state index contributed by atoms with van der Waals surface area (Å²) >= 11 is 0. The van der Waals surface area contributed by atoms with Crippen LogP contribution in [-0.2, 0) is 4.79 Å². The van der Waals surface area contributed by atoms with E-state index in [0.717, 1.165) is 25.0 Å². The standard InChI is InChI=1S/C21H24F2N2O4/c1-3-9-28-18-8-6-15(12-19(18)29-10-4-2)25-20(26)13-24-21(27)16-7-5-14(22)11-17(16)23/h5-8,11-12H,3-4,9-10,13H2,1-2H3,(H,24,27)(H,25,26). The van der Waals surface area contributed by atoms with Gasteiger partial charge in [-0.15, -0.1) is 0 Å². The fraction of sp³-hybridized carbons (Fsp3) is 0.333. The molecule has 0 aromatic heterocycles. The second-order valence-electron chi connectivity index (χ2n) is 6.21. The van der Waals surface area contributed by atoms with Crippen molar-refractivity contribution >= 4 is 17.5 Å². The summed E-state index contributed by atoms with van der Waals surface area (Å²) in [6.07, 6.45) is 1.66. The maximum Gasteiger partial charge on any atom is 0.254 e. The molecule has 6 nitrogen and oxygen atoms in total. The summed E-state index contributed by atoms with van der Waals surface area (Å²) in [6.45, 7) is 4.63. The van der Waals surface area contributed by atoms with E-state index in [1.165, 1.54) is 0 Å². The van der Waals surface area contributed by atoms with Gasteiger partial charge in [0.05, 0.1) is 25.3 Å². The first-order valence-electron chi connectivity index (χ1n) is 9.37. The number of anilines is 1. The normalized spacial score (nSPS) is 10.3. The van der Waals surface area contributed by atoms with Gasteiger partial charge >= 0.3 is 0 Å². The number of ether oxygens (including phenoxy) is 2. The maximum atomic E-state index is 13.6. The van der Waals surface area contributed by atoms with Crippen LogP contribution in [0.1, 0.15) is 37.0 Å². The first kappa shape index (κ1) is 22.1. The van der Waals surface area contributed by atoms with Gasteiger partial charge in [0.25, 0.3) is 5.91 Å². The van der Waals surface area contributed by atoms with Crippen LogP contribution in [0.5, 0.6) is 11.5 Å². The number of benzene rings is 2. The van der Waals surface area contributed by atoms with Gasteiger partial charge in [-0.25, -0.2) is 8.78 Å². The molecule has 0 heterocycles. The minimum Gasteiger partial charge on any atom is -0.490 e. The molecule has 2 aromatic carbocycles. The summed E-state index contributed by atoms with van der Waals surface area (Å²) in [5.41, 5.74) is 0.124. The van der Waals surface area contributed by atoms with Gasteiger partial charge in [-0.3, -0.25) is 9.59 Å². The van der Waals surface area contributed by atoms with E-state index in [1.807, 2.05) is 13.8 Å². The van der Waals surface area contributed by atoms with Gasteiger partial charge in [0.1, 0.15) is 11.6 Å². The lowest BCUT2D eigenvalue weighted by atomic mass is 10.2. The van der Waals surface area contributed by atoms with E-state index >= 15 is 0 Å². The van der Waals surface area contributed by atoms with Crippen molar-refractivity contribution in [1.29, 1.82) is 0 Å².